The van der Waals surface area contributed by atoms with E-state index in [4.69, 9.17) is 23.2 Å². The van der Waals surface area contributed by atoms with E-state index < -0.39 is 5.41 Å². The number of hydrogen-bond acceptors (Lipinski definition) is 2. The zero-order valence-corrected chi connectivity index (χ0v) is 14.8. The summed E-state index contributed by atoms with van der Waals surface area (Å²) < 4.78 is 0. The molecule has 0 aromatic heterocycles. The summed E-state index contributed by atoms with van der Waals surface area (Å²) in [5.41, 5.74) is 0.346. The lowest BCUT2D eigenvalue weighted by atomic mass is 9.96. The molecule has 2 N–H and O–H groups in total. The van der Waals surface area contributed by atoms with E-state index in [1.807, 2.05) is 27.7 Å². The Morgan fingerprint density at radius 2 is 1.86 bits per heavy atom. The number of carbonyl (C=O) groups excluding carboxylic acids is 2. The maximum Gasteiger partial charge on any atom is 0.225 e. The molecule has 0 heterocycles. The monoisotopic (exact) mass is 344 g/mol. The lowest BCUT2D eigenvalue weighted by molar-refractivity contribution is -0.128. The summed E-state index contributed by atoms with van der Waals surface area (Å²) in [5.74, 6) is -0.221. The lowest BCUT2D eigenvalue weighted by Gasteiger charge is -2.18. The van der Waals surface area contributed by atoms with Gasteiger partial charge >= 0.3 is 0 Å². The Balaban J connectivity index is 2.46. The van der Waals surface area contributed by atoms with E-state index in [2.05, 4.69) is 10.6 Å². The smallest absolute Gasteiger partial charge is 0.225 e. The molecule has 1 aromatic rings. The van der Waals surface area contributed by atoms with Gasteiger partial charge in [0.25, 0.3) is 0 Å². The van der Waals surface area contributed by atoms with Crippen LogP contribution >= 0.6 is 23.2 Å². The van der Waals surface area contributed by atoms with Crippen LogP contribution in [0.3, 0.4) is 0 Å². The van der Waals surface area contributed by atoms with Crippen molar-refractivity contribution >= 4 is 35.0 Å². The highest BCUT2D eigenvalue weighted by atomic mass is 35.5. The first kappa shape index (κ1) is 18.8. The van der Waals surface area contributed by atoms with Gasteiger partial charge in [-0.2, -0.15) is 0 Å². The number of hydrogen-bond donors (Lipinski definition) is 2. The average molecular weight is 345 g/mol. The first-order valence-electron chi connectivity index (χ1n) is 7.14. The van der Waals surface area contributed by atoms with E-state index in [-0.39, 0.29) is 24.3 Å². The van der Waals surface area contributed by atoms with E-state index in [1.165, 1.54) is 0 Å². The largest absolute Gasteiger partial charge is 0.355 e. The number of nitrogens with one attached hydrogen (secondary N) is 2. The van der Waals surface area contributed by atoms with Gasteiger partial charge in [-0.05, 0) is 24.6 Å². The molecular weight excluding hydrogens is 323 g/mol. The van der Waals surface area contributed by atoms with Gasteiger partial charge < -0.3 is 10.6 Å². The van der Waals surface area contributed by atoms with Gasteiger partial charge in [-0.25, -0.2) is 0 Å². The highest BCUT2D eigenvalue weighted by Gasteiger charge is 2.20. The highest BCUT2D eigenvalue weighted by Crippen LogP contribution is 2.26. The first-order chi connectivity index (χ1) is 10.1. The van der Waals surface area contributed by atoms with Crippen molar-refractivity contribution in [3.63, 3.8) is 0 Å². The van der Waals surface area contributed by atoms with Gasteiger partial charge in [-0.3, -0.25) is 9.59 Å². The molecular formula is C16H22Cl2N2O2. The third-order valence-corrected chi connectivity index (χ3v) is 3.69. The second kappa shape index (κ2) is 7.84. The van der Waals surface area contributed by atoms with Gasteiger partial charge in [0.15, 0.2) is 0 Å². The third kappa shape index (κ3) is 5.85. The minimum atomic E-state index is -0.458. The summed E-state index contributed by atoms with van der Waals surface area (Å²) in [6.07, 6.45) is 0.220. The maximum absolute atomic E-state index is 11.9. The minimum absolute atomic E-state index is 0.0749. The van der Waals surface area contributed by atoms with Crippen LogP contribution in [0.5, 0.6) is 0 Å². The number of carbonyl (C=O) groups is 2. The molecule has 0 radical (unpaired) electrons. The molecule has 0 spiro atoms. The molecule has 122 valence electrons. The van der Waals surface area contributed by atoms with Crippen molar-refractivity contribution < 1.29 is 9.59 Å². The van der Waals surface area contributed by atoms with E-state index in [1.54, 1.807) is 18.2 Å². The van der Waals surface area contributed by atoms with Crippen LogP contribution in [0.15, 0.2) is 18.2 Å². The molecule has 0 fully saturated rings. The second-order valence-electron chi connectivity index (χ2n) is 6.21. The van der Waals surface area contributed by atoms with E-state index in [0.717, 1.165) is 5.56 Å². The normalized spacial score (nSPS) is 12.6. The molecule has 1 atom stereocenters. The number of rotatable bonds is 5. The Morgan fingerprint density at radius 3 is 2.41 bits per heavy atom. The van der Waals surface area contributed by atoms with Crippen molar-refractivity contribution in [2.24, 2.45) is 5.41 Å². The van der Waals surface area contributed by atoms with Crippen LogP contribution in [0.25, 0.3) is 0 Å². The second-order valence-corrected chi connectivity index (χ2v) is 7.05. The van der Waals surface area contributed by atoms with Crippen LogP contribution < -0.4 is 10.6 Å². The van der Waals surface area contributed by atoms with Gasteiger partial charge in [0.2, 0.25) is 11.8 Å². The van der Waals surface area contributed by atoms with Crippen LogP contribution in [-0.2, 0) is 9.59 Å². The van der Waals surface area contributed by atoms with Crippen LogP contribution in [0, 0.1) is 5.41 Å². The van der Waals surface area contributed by atoms with Crippen molar-refractivity contribution in [1.29, 1.82) is 0 Å². The van der Waals surface area contributed by atoms with Crippen LogP contribution in [-0.4, -0.2) is 18.4 Å². The summed E-state index contributed by atoms with van der Waals surface area (Å²) in [7, 11) is 0. The summed E-state index contributed by atoms with van der Waals surface area (Å²) in [6.45, 7) is 7.64. The number of halogens is 2. The van der Waals surface area contributed by atoms with Gasteiger partial charge in [-0.1, -0.05) is 50.0 Å². The molecule has 0 bridgehead atoms. The zero-order chi connectivity index (χ0) is 16.9. The van der Waals surface area contributed by atoms with Gasteiger partial charge in [0.1, 0.15) is 0 Å². The Labute approximate surface area is 141 Å². The predicted octanol–water partition coefficient (Wildman–Crippen LogP) is 3.72. The summed E-state index contributed by atoms with van der Waals surface area (Å²) in [4.78, 5) is 23.6. The Morgan fingerprint density at radius 1 is 1.23 bits per heavy atom. The molecule has 1 unspecified atom stereocenters. The third-order valence-electron chi connectivity index (χ3n) is 3.13. The van der Waals surface area contributed by atoms with Crippen molar-refractivity contribution in [3.8, 4) is 0 Å². The van der Waals surface area contributed by atoms with Gasteiger partial charge in [0, 0.05) is 28.4 Å². The maximum atomic E-state index is 11.9. The molecule has 1 aromatic carbocycles. The average Bonchev–Trinajstić information content (AvgIpc) is 2.36. The lowest BCUT2D eigenvalue weighted by Crippen LogP contribution is -2.37. The zero-order valence-electron chi connectivity index (χ0n) is 13.3. The minimum Gasteiger partial charge on any atom is -0.355 e. The Hall–Kier alpha value is -1.26. The molecule has 6 heteroatoms. The standard InChI is InChI=1S/C16H22Cl2N2O2/c1-10(12-6-5-11(17)9-13(12)18)20-14(21)7-8-19-15(22)16(2,3)4/h5-6,9-10H,7-8H2,1-4H3,(H,19,22)(H,20,21). The molecule has 4 nitrogen and oxygen atoms in total. The summed E-state index contributed by atoms with van der Waals surface area (Å²) >= 11 is 12.0. The Bertz CT molecular complexity index is 554. The number of benzene rings is 1. The molecule has 2 amide bonds. The molecule has 0 saturated heterocycles. The fourth-order valence-electron chi connectivity index (χ4n) is 1.80. The molecule has 0 aliphatic rings. The van der Waals surface area contributed by atoms with E-state index in [0.29, 0.717) is 16.6 Å². The summed E-state index contributed by atoms with van der Waals surface area (Å²) in [5, 5.41) is 6.66. The van der Waals surface area contributed by atoms with Crippen molar-refractivity contribution in [2.75, 3.05) is 6.54 Å². The SMILES string of the molecule is CC(NC(=O)CCNC(=O)C(C)(C)C)c1ccc(Cl)cc1Cl. The van der Waals surface area contributed by atoms with E-state index in [9.17, 15) is 9.59 Å². The van der Waals surface area contributed by atoms with Crippen LogP contribution in [0.2, 0.25) is 10.0 Å². The molecule has 22 heavy (non-hydrogen) atoms. The van der Waals surface area contributed by atoms with Gasteiger partial charge in [0.05, 0.1) is 6.04 Å². The molecule has 1 rings (SSSR count). The quantitative estimate of drug-likeness (QED) is 0.854. The summed E-state index contributed by atoms with van der Waals surface area (Å²) in [6, 6.07) is 4.94. The van der Waals surface area contributed by atoms with Gasteiger partial charge in [-0.15, -0.1) is 0 Å². The molecule has 0 aliphatic heterocycles. The predicted molar refractivity (Wildman–Crippen MR) is 90.1 cm³/mol. The highest BCUT2D eigenvalue weighted by molar-refractivity contribution is 6.35. The molecule has 0 saturated carbocycles. The van der Waals surface area contributed by atoms with Crippen molar-refractivity contribution in [2.45, 2.75) is 40.2 Å². The Kier molecular flexibility index (Phi) is 6.69. The fourth-order valence-corrected chi connectivity index (χ4v) is 2.37. The van der Waals surface area contributed by atoms with Crippen LogP contribution in [0.1, 0.15) is 45.7 Å². The van der Waals surface area contributed by atoms with Crippen molar-refractivity contribution in [3.05, 3.63) is 33.8 Å². The molecule has 0 aliphatic carbocycles. The van der Waals surface area contributed by atoms with Crippen molar-refractivity contribution in [1.82, 2.24) is 10.6 Å². The van der Waals surface area contributed by atoms with Crippen LogP contribution in [0.4, 0.5) is 0 Å². The number of amides is 2. The first-order valence-corrected chi connectivity index (χ1v) is 7.89. The fraction of sp³-hybridized carbons (Fsp3) is 0.500. The topological polar surface area (TPSA) is 58.2 Å². The van der Waals surface area contributed by atoms with E-state index >= 15 is 0 Å².